The number of aryl methyl sites for hydroxylation is 3. The molecule has 0 aliphatic rings. The number of aromatic amines is 1. The molecule has 0 aliphatic heterocycles. The Kier molecular flexibility index (Phi) is 14.2. The van der Waals surface area contributed by atoms with Crippen LogP contribution in [0.1, 0.15) is 72.7 Å². The summed E-state index contributed by atoms with van der Waals surface area (Å²) in [4.78, 5) is 90.6. The van der Waals surface area contributed by atoms with Crippen LogP contribution in [0.4, 0.5) is 4.79 Å². The lowest BCUT2D eigenvalue weighted by Crippen LogP contribution is -2.48. The van der Waals surface area contributed by atoms with E-state index in [1.165, 1.54) is 40.8 Å². The summed E-state index contributed by atoms with van der Waals surface area (Å²) in [5.74, 6) is -3.03. The number of hydrogen-bond acceptors (Lipinski definition) is 10. The first kappa shape index (κ1) is 41.3. The van der Waals surface area contributed by atoms with Crippen molar-refractivity contribution in [2.24, 2.45) is 14.1 Å². The van der Waals surface area contributed by atoms with E-state index in [4.69, 9.17) is 0 Å². The number of carbonyl (C=O) groups excluding carboxylic acids is 4. The zero-order valence-corrected chi connectivity index (χ0v) is 31.7. The molecule has 3 aromatic heterocycles. The second-order valence-corrected chi connectivity index (χ2v) is 13.6. The van der Waals surface area contributed by atoms with Crippen LogP contribution in [-0.4, -0.2) is 56.6 Å². The summed E-state index contributed by atoms with van der Waals surface area (Å²) in [7, 11) is 3.26. The number of rotatable bonds is 16. The Labute approximate surface area is 312 Å². The van der Waals surface area contributed by atoms with Crippen LogP contribution in [-0.2, 0) is 48.1 Å². The quantitative estimate of drug-likeness (QED) is 0.0583. The molecule has 0 aliphatic carbocycles. The lowest BCUT2D eigenvalue weighted by Gasteiger charge is -2.34. The first-order chi connectivity index (χ1) is 24.3. The van der Waals surface area contributed by atoms with E-state index >= 15 is 0 Å². The van der Waals surface area contributed by atoms with Gasteiger partial charge in [0, 0.05) is 96.8 Å². The first-order valence-corrected chi connectivity index (χ1v) is 17.4. The maximum atomic E-state index is 13.1. The minimum atomic E-state index is -1.26. The van der Waals surface area contributed by atoms with E-state index in [-0.39, 0.29) is 75.2 Å². The molecule has 0 saturated heterocycles. The fraction of sp³-hybridized carbons (Fsp3) is 0.441. The standard InChI is InChI=1S/C34H44IN7O10/c1-18-12-24(43)30(49)21(39-18)15-36-27(46)6-9-34(40-33(35)52,10-7-28(47)37-16-22-31(50)25(44)13-19(2)41(22)4)11-8-29(48)38-17-23-32(51)26(45)14-20(3)42(23)5/h12-14,49-51H,6-11,15-17H2,1-5H3,(H,36,46)(H,37,47)(H,38,48)(H,39,43)(H,40,52). The minimum absolute atomic E-state index is 0.0218. The van der Waals surface area contributed by atoms with E-state index in [0.29, 0.717) is 17.1 Å². The molecule has 0 atom stereocenters. The number of carbonyl (C=O) groups is 4. The highest BCUT2D eigenvalue weighted by molar-refractivity contribution is 14.1. The normalized spacial score (nSPS) is 11.2. The highest BCUT2D eigenvalue weighted by Gasteiger charge is 2.33. The van der Waals surface area contributed by atoms with Gasteiger partial charge < -0.3 is 50.7 Å². The van der Waals surface area contributed by atoms with Gasteiger partial charge in [-0.2, -0.15) is 0 Å². The Morgan fingerprint density at radius 1 is 0.673 bits per heavy atom. The highest BCUT2D eigenvalue weighted by Crippen LogP contribution is 2.27. The van der Waals surface area contributed by atoms with Crippen molar-refractivity contribution in [3.8, 4) is 17.2 Å². The molecule has 3 rings (SSSR count). The van der Waals surface area contributed by atoms with Gasteiger partial charge in [0.05, 0.1) is 36.7 Å². The van der Waals surface area contributed by atoms with Gasteiger partial charge in [0.1, 0.15) is 0 Å². The van der Waals surface area contributed by atoms with Crippen LogP contribution in [0.3, 0.4) is 0 Å². The van der Waals surface area contributed by atoms with Gasteiger partial charge in [0.15, 0.2) is 17.2 Å². The number of hydrogen-bond donors (Lipinski definition) is 8. The monoisotopic (exact) mass is 837 g/mol. The molecule has 17 nitrogen and oxygen atoms in total. The van der Waals surface area contributed by atoms with E-state index < -0.39 is 60.7 Å². The third kappa shape index (κ3) is 10.9. The second-order valence-electron chi connectivity index (χ2n) is 12.7. The predicted molar refractivity (Wildman–Crippen MR) is 198 cm³/mol. The van der Waals surface area contributed by atoms with E-state index in [2.05, 4.69) is 26.3 Å². The van der Waals surface area contributed by atoms with Gasteiger partial charge in [-0.3, -0.25) is 33.6 Å². The van der Waals surface area contributed by atoms with E-state index in [9.17, 15) is 48.9 Å². The summed E-state index contributed by atoms with van der Waals surface area (Å²) in [5.41, 5.74) is -0.963. The van der Waals surface area contributed by atoms with Crippen molar-refractivity contribution in [3.63, 3.8) is 0 Å². The van der Waals surface area contributed by atoms with Gasteiger partial charge in [0.2, 0.25) is 34.0 Å². The van der Waals surface area contributed by atoms with Crippen molar-refractivity contribution in [2.45, 2.75) is 84.5 Å². The molecule has 282 valence electrons. The molecule has 18 heteroatoms. The maximum Gasteiger partial charge on any atom is 0.281 e. The largest absolute Gasteiger partial charge is 0.503 e. The number of amides is 4. The third-order valence-corrected chi connectivity index (χ3v) is 9.27. The summed E-state index contributed by atoms with van der Waals surface area (Å²) < 4.78 is 2.62. The summed E-state index contributed by atoms with van der Waals surface area (Å²) in [6.45, 7) is 4.43. The number of aromatic nitrogens is 3. The Hall–Kier alpha value is -5.14. The Morgan fingerprint density at radius 3 is 1.46 bits per heavy atom. The van der Waals surface area contributed by atoms with Gasteiger partial charge in [-0.25, -0.2) is 0 Å². The molecule has 4 amide bonds. The zero-order valence-electron chi connectivity index (χ0n) is 29.6. The van der Waals surface area contributed by atoms with Crippen molar-refractivity contribution in [1.29, 1.82) is 0 Å². The van der Waals surface area contributed by atoms with Crippen molar-refractivity contribution < 1.29 is 34.5 Å². The lowest BCUT2D eigenvalue weighted by molar-refractivity contribution is -0.121. The number of nitrogens with zero attached hydrogens (tertiary/aromatic N) is 2. The van der Waals surface area contributed by atoms with Crippen molar-refractivity contribution in [3.05, 3.63) is 83.0 Å². The van der Waals surface area contributed by atoms with E-state index in [1.807, 2.05) is 0 Å². The number of H-pyrrole nitrogens is 1. The molecule has 0 spiro atoms. The fourth-order valence-electron chi connectivity index (χ4n) is 5.66. The highest BCUT2D eigenvalue weighted by atomic mass is 127. The topological polar surface area (TPSA) is 254 Å². The summed E-state index contributed by atoms with van der Waals surface area (Å²) in [5, 5.41) is 41.4. The predicted octanol–water partition coefficient (Wildman–Crippen LogP) is 1.29. The Morgan fingerprint density at radius 2 is 1.06 bits per heavy atom. The number of pyridine rings is 3. The molecule has 3 heterocycles. The van der Waals surface area contributed by atoms with Gasteiger partial charge in [0.25, 0.3) is 3.91 Å². The van der Waals surface area contributed by atoms with Crippen LogP contribution in [0, 0.1) is 20.8 Å². The molecule has 52 heavy (non-hydrogen) atoms. The molecule has 0 bridgehead atoms. The molecular weight excluding hydrogens is 793 g/mol. The van der Waals surface area contributed by atoms with E-state index in [1.54, 1.807) is 44.0 Å². The van der Waals surface area contributed by atoms with Crippen LogP contribution >= 0.6 is 22.6 Å². The summed E-state index contributed by atoms with van der Waals surface area (Å²) >= 11 is 1.51. The van der Waals surface area contributed by atoms with Crippen molar-refractivity contribution >= 4 is 44.2 Å². The molecule has 8 N–H and O–H groups in total. The lowest BCUT2D eigenvalue weighted by atomic mass is 9.83. The number of halogens is 1. The van der Waals surface area contributed by atoms with Gasteiger partial charge in [-0.05, 0) is 40.0 Å². The average Bonchev–Trinajstić information content (AvgIpc) is 3.07. The molecular formula is C34H44IN7O10. The van der Waals surface area contributed by atoms with Crippen molar-refractivity contribution in [2.75, 3.05) is 0 Å². The van der Waals surface area contributed by atoms with Crippen LogP contribution < -0.4 is 37.6 Å². The Balaban J connectivity index is 1.78. The second kappa shape index (κ2) is 17.9. The number of nitrogens with one attached hydrogen (secondary N) is 5. The van der Waals surface area contributed by atoms with Gasteiger partial charge >= 0.3 is 0 Å². The van der Waals surface area contributed by atoms with Gasteiger partial charge in [-0.1, -0.05) is 0 Å². The molecule has 0 radical (unpaired) electrons. The number of aromatic hydroxyl groups is 3. The molecule has 0 unspecified atom stereocenters. The minimum Gasteiger partial charge on any atom is -0.503 e. The molecule has 0 fully saturated rings. The summed E-state index contributed by atoms with van der Waals surface area (Å²) in [6.07, 6.45) is -0.616. The van der Waals surface area contributed by atoms with Crippen LogP contribution in [0.5, 0.6) is 17.2 Å². The third-order valence-electron chi connectivity index (χ3n) is 9.00. The van der Waals surface area contributed by atoms with Crippen LogP contribution in [0.25, 0.3) is 0 Å². The SMILES string of the molecule is Cc1cc(=O)c(O)c(CNC(=O)CCC(CCC(=O)NCc2c(O)c(=O)cc(C)n2C)(CCC(=O)NCc2c(O)c(=O)cc(C)n2C)NC(=O)I)[nH]1. The fourth-order valence-corrected chi connectivity index (χ4v) is 6.24. The van der Waals surface area contributed by atoms with E-state index in [0.717, 1.165) is 0 Å². The smallest absolute Gasteiger partial charge is 0.281 e. The molecule has 0 aromatic carbocycles. The average molecular weight is 838 g/mol. The molecule has 0 saturated carbocycles. The van der Waals surface area contributed by atoms with Crippen molar-refractivity contribution in [1.82, 2.24) is 35.4 Å². The Bertz CT molecular complexity index is 1940. The first-order valence-electron chi connectivity index (χ1n) is 16.3. The zero-order chi connectivity index (χ0) is 38.9. The van der Waals surface area contributed by atoms with Gasteiger partial charge in [-0.15, -0.1) is 0 Å². The van der Waals surface area contributed by atoms with Crippen LogP contribution in [0.15, 0.2) is 32.6 Å². The maximum absolute atomic E-state index is 13.1. The summed E-state index contributed by atoms with van der Waals surface area (Å²) in [6, 6.07) is 3.74. The van der Waals surface area contributed by atoms with Crippen LogP contribution in [0.2, 0.25) is 0 Å². The molecule has 3 aromatic rings.